The highest BCUT2D eigenvalue weighted by Crippen LogP contribution is 2.28. The second-order valence-corrected chi connectivity index (χ2v) is 4.33. The van der Waals surface area contributed by atoms with Crippen LogP contribution in [-0.2, 0) is 7.05 Å². The van der Waals surface area contributed by atoms with Crippen LogP contribution < -0.4 is 5.32 Å². The molecule has 7 heteroatoms. The number of hydrogen-bond acceptors (Lipinski definition) is 4. The smallest absolute Gasteiger partial charge is 0.273 e. The van der Waals surface area contributed by atoms with E-state index in [-0.39, 0.29) is 17.1 Å². The number of anilines is 1. The molecule has 2 rings (SSSR count). The zero-order valence-corrected chi connectivity index (χ0v) is 11.0. The summed E-state index contributed by atoms with van der Waals surface area (Å²) in [7, 11) is 1.75. The van der Waals surface area contributed by atoms with Crippen molar-refractivity contribution in [1.29, 1.82) is 0 Å². The third kappa shape index (κ3) is 2.46. The van der Waals surface area contributed by atoms with Crippen LogP contribution in [-0.4, -0.2) is 20.5 Å². The Balaban J connectivity index is 2.24. The molecule has 0 fully saturated rings. The van der Waals surface area contributed by atoms with E-state index < -0.39 is 10.8 Å². The Labute approximate surface area is 114 Å². The Bertz CT molecular complexity index is 691. The molecule has 7 nitrogen and oxygen atoms in total. The van der Waals surface area contributed by atoms with Gasteiger partial charge >= 0.3 is 0 Å². The second kappa shape index (κ2) is 5.04. The molecule has 0 aliphatic heterocycles. The van der Waals surface area contributed by atoms with Crippen molar-refractivity contribution >= 4 is 17.3 Å². The van der Waals surface area contributed by atoms with Crippen molar-refractivity contribution in [3.8, 4) is 5.75 Å². The summed E-state index contributed by atoms with van der Waals surface area (Å²) in [4.78, 5) is 22.0. The van der Waals surface area contributed by atoms with Crippen LogP contribution in [0, 0.1) is 17.0 Å². The summed E-state index contributed by atoms with van der Waals surface area (Å²) in [6.45, 7) is 1.86. The molecular weight excluding hydrogens is 262 g/mol. The number of rotatable bonds is 3. The van der Waals surface area contributed by atoms with Crippen molar-refractivity contribution in [1.82, 2.24) is 4.57 Å². The second-order valence-electron chi connectivity index (χ2n) is 4.33. The summed E-state index contributed by atoms with van der Waals surface area (Å²) >= 11 is 0. The summed E-state index contributed by atoms with van der Waals surface area (Å²) in [6.07, 6.45) is 0. The summed E-state index contributed by atoms with van der Waals surface area (Å²) < 4.78 is 1.71. The van der Waals surface area contributed by atoms with Crippen molar-refractivity contribution in [3.05, 3.63) is 51.8 Å². The molecule has 0 radical (unpaired) electrons. The number of aryl methyl sites for hydroxylation is 1. The first kappa shape index (κ1) is 13.6. The predicted molar refractivity (Wildman–Crippen MR) is 72.9 cm³/mol. The van der Waals surface area contributed by atoms with Gasteiger partial charge in [0.05, 0.1) is 16.7 Å². The first-order chi connectivity index (χ1) is 9.40. The summed E-state index contributed by atoms with van der Waals surface area (Å²) in [5, 5.41) is 22.8. The maximum absolute atomic E-state index is 12.0. The molecule has 2 N–H and O–H groups in total. The van der Waals surface area contributed by atoms with Crippen LogP contribution in [0.5, 0.6) is 5.75 Å². The van der Waals surface area contributed by atoms with Gasteiger partial charge in [0, 0.05) is 18.8 Å². The monoisotopic (exact) mass is 275 g/mol. The Morgan fingerprint density at radius 1 is 1.35 bits per heavy atom. The first-order valence-corrected chi connectivity index (χ1v) is 5.81. The number of phenolic OH excluding ortho intramolecular Hbond substituents is 1. The van der Waals surface area contributed by atoms with E-state index in [1.165, 1.54) is 12.1 Å². The standard InChI is InChI=1S/C13H13N3O4/c1-8-3-6-11(15(8)2)13(18)14-10-5-4-9(16(19)20)7-12(10)17/h3-7,17H,1-2H3,(H,14,18). The molecule has 0 spiro atoms. The fraction of sp³-hybridized carbons (Fsp3) is 0.154. The Morgan fingerprint density at radius 3 is 2.55 bits per heavy atom. The lowest BCUT2D eigenvalue weighted by atomic mass is 10.2. The van der Waals surface area contributed by atoms with Gasteiger partial charge in [0.25, 0.3) is 11.6 Å². The van der Waals surface area contributed by atoms with E-state index >= 15 is 0 Å². The highest BCUT2D eigenvalue weighted by atomic mass is 16.6. The minimum atomic E-state index is -0.619. The zero-order chi connectivity index (χ0) is 14.9. The van der Waals surface area contributed by atoms with Crippen LogP contribution in [0.25, 0.3) is 0 Å². The molecule has 1 amide bonds. The molecule has 104 valence electrons. The number of nitro groups is 1. The Morgan fingerprint density at radius 2 is 2.05 bits per heavy atom. The molecule has 1 aromatic carbocycles. The van der Waals surface area contributed by atoms with Gasteiger partial charge in [-0.2, -0.15) is 0 Å². The third-order valence-corrected chi connectivity index (χ3v) is 3.05. The minimum absolute atomic E-state index is 0.124. The molecule has 20 heavy (non-hydrogen) atoms. The maximum atomic E-state index is 12.0. The summed E-state index contributed by atoms with van der Waals surface area (Å²) in [6, 6.07) is 6.95. The van der Waals surface area contributed by atoms with Crippen molar-refractivity contribution in [2.24, 2.45) is 7.05 Å². The van der Waals surface area contributed by atoms with Gasteiger partial charge in [-0.3, -0.25) is 14.9 Å². The third-order valence-electron chi connectivity index (χ3n) is 3.05. The van der Waals surface area contributed by atoms with Gasteiger partial charge in [-0.05, 0) is 25.1 Å². The number of amides is 1. The molecule has 1 heterocycles. The number of nitrogens with one attached hydrogen (secondary N) is 1. The van der Waals surface area contributed by atoms with Crippen molar-refractivity contribution in [2.45, 2.75) is 6.92 Å². The number of carbonyl (C=O) groups is 1. The summed E-state index contributed by atoms with van der Waals surface area (Å²) in [5.41, 5.74) is 1.23. The van der Waals surface area contributed by atoms with E-state index in [1.807, 2.05) is 6.92 Å². The molecule has 0 unspecified atom stereocenters. The van der Waals surface area contributed by atoms with Crippen LogP contribution in [0.3, 0.4) is 0 Å². The lowest BCUT2D eigenvalue weighted by Gasteiger charge is -2.08. The van der Waals surface area contributed by atoms with Crippen LogP contribution in [0.1, 0.15) is 16.2 Å². The van der Waals surface area contributed by atoms with Crippen molar-refractivity contribution in [2.75, 3.05) is 5.32 Å². The normalized spacial score (nSPS) is 10.3. The van der Waals surface area contributed by atoms with Gasteiger partial charge in [-0.15, -0.1) is 0 Å². The average Bonchev–Trinajstić information content (AvgIpc) is 2.72. The van der Waals surface area contributed by atoms with Crippen molar-refractivity contribution in [3.63, 3.8) is 0 Å². The van der Waals surface area contributed by atoms with Gasteiger partial charge in [0.15, 0.2) is 0 Å². The van der Waals surface area contributed by atoms with E-state index in [9.17, 15) is 20.0 Å². The molecule has 2 aromatic rings. The lowest BCUT2D eigenvalue weighted by Crippen LogP contribution is -2.16. The van der Waals surface area contributed by atoms with Crippen LogP contribution >= 0.6 is 0 Å². The van der Waals surface area contributed by atoms with Crippen LogP contribution in [0.15, 0.2) is 30.3 Å². The number of aromatic hydroxyl groups is 1. The first-order valence-electron chi connectivity index (χ1n) is 5.81. The van der Waals surface area contributed by atoms with Crippen molar-refractivity contribution < 1.29 is 14.8 Å². The zero-order valence-electron chi connectivity index (χ0n) is 11.0. The molecule has 0 saturated heterocycles. The van der Waals surface area contributed by atoms with E-state index in [1.54, 1.807) is 23.7 Å². The maximum Gasteiger partial charge on any atom is 0.273 e. The summed E-state index contributed by atoms with van der Waals surface area (Å²) in [5.74, 6) is -0.747. The number of benzene rings is 1. The van der Waals surface area contributed by atoms with Gasteiger partial charge in [0.1, 0.15) is 11.4 Å². The predicted octanol–water partition coefficient (Wildman–Crippen LogP) is 2.20. The Hall–Kier alpha value is -2.83. The molecule has 0 aliphatic carbocycles. The quantitative estimate of drug-likeness (QED) is 0.509. The van der Waals surface area contributed by atoms with E-state index in [0.717, 1.165) is 11.8 Å². The molecule has 0 aliphatic rings. The highest BCUT2D eigenvalue weighted by molar-refractivity contribution is 6.04. The Kier molecular flexibility index (Phi) is 3.43. The fourth-order valence-corrected chi connectivity index (χ4v) is 1.77. The lowest BCUT2D eigenvalue weighted by molar-refractivity contribution is -0.384. The molecular formula is C13H13N3O4. The average molecular weight is 275 g/mol. The number of aromatic nitrogens is 1. The fourth-order valence-electron chi connectivity index (χ4n) is 1.77. The van der Waals surface area contributed by atoms with Gasteiger partial charge in [-0.1, -0.05) is 0 Å². The topological polar surface area (TPSA) is 97.4 Å². The number of non-ortho nitro benzene ring substituents is 1. The number of carbonyl (C=O) groups excluding carboxylic acids is 1. The minimum Gasteiger partial charge on any atom is -0.506 e. The van der Waals surface area contributed by atoms with Crippen LogP contribution in [0.4, 0.5) is 11.4 Å². The van der Waals surface area contributed by atoms with E-state index in [0.29, 0.717) is 5.69 Å². The number of phenols is 1. The SMILES string of the molecule is Cc1ccc(C(=O)Nc2ccc([N+](=O)[O-])cc2O)n1C. The van der Waals surface area contributed by atoms with Crippen LogP contribution in [0.2, 0.25) is 0 Å². The van der Waals surface area contributed by atoms with Gasteiger partial charge in [-0.25, -0.2) is 0 Å². The number of hydrogen-bond donors (Lipinski definition) is 2. The van der Waals surface area contributed by atoms with Gasteiger partial charge in [0.2, 0.25) is 0 Å². The van der Waals surface area contributed by atoms with Gasteiger partial charge < -0.3 is 15.0 Å². The molecule has 0 atom stereocenters. The molecule has 0 saturated carbocycles. The highest BCUT2D eigenvalue weighted by Gasteiger charge is 2.15. The number of nitrogens with zero attached hydrogens (tertiary/aromatic N) is 2. The van der Waals surface area contributed by atoms with E-state index in [2.05, 4.69) is 5.32 Å². The molecule has 1 aromatic heterocycles. The molecule has 0 bridgehead atoms. The largest absolute Gasteiger partial charge is 0.506 e. The number of nitro benzene ring substituents is 1. The van der Waals surface area contributed by atoms with E-state index in [4.69, 9.17) is 0 Å².